The molecule has 2 nitrogen and oxygen atoms in total. The molecule has 0 spiro atoms. The second kappa shape index (κ2) is 6.20. The molecule has 4 rings (SSSR count). The third-order valence-corrected chi connectivity index (χ3v) is 5.46. The molecular formula is C22H19ClO2. The van der Waals surface area contributed by atoms with Crippen molar-refractivity contribution in [2.75, 3.05) is 0 Å². The number of rotatable bonds is 3. The van der Waals surface area contributed by atoms with Crippen LogP contribution in [-0.4, -0.2) is 10.9 Å². The van der Waals surface area contributed by atoms with Gasteiger partial charge in [-0.3, -0.25) is 4.79 Å². The fourth-order valence-corrected chi connectivity index (χ4v) is 3.93. The molecular weight excluding hydrogens is 332 g/mol. The minimum atomic E-state index is -0.0974. The van der Waals surface area contributed by atoms with Gasteiger partial charge in [0.25, 0.3) is 0 Å². The van der Waals surface area contributed by atoms with Gasteiger partial charge < -0.3 is 5.11 Å². The van der Waals surface area contributed by atoms with E-state index >= 15 is 0 Å². The van der Waals surface area contributed by atoms with Crippen molar-refractivity contribution in [3.8, 4) is 11.1 Å². The zero-order chi connectivity index (χ0) is 17.6. The standard InChI is InChI=1S/C22H19ClO2/c1-2-13-3-4-15(14-7-9-18(23)10-8-14)12-19(13)20-21(24)16-5-6-17(11-16)22(20)25/h3-10,12,16-17,24H,2,11H2,1H3/t16-,17+/m0/s1. The normalized spacial score (nSPS) is 21.9. The Morgan fingerprint density at radius 1 is 1.04 bits per heavy atom. The molecule has 2 aliphatic carbocycles. The number of carbonyl (C=O) groups is 1. The van der Waals surface area contributed by atoms with Crippen LogP contribution in [0.1, 0.15) is 24.5 Å². The Morgan fingerprint density at radius 3 is 2.44 bits per heavy atom. The molecule has 2 aliphatic rings. The lowest BCUT2D eigenvalue weighted by atomic mass is 9.80. The molecule has 2 aromatic carbocycles. The number of fused-ring (bicyclic) bond motifs is 2. The smallest absolute Gasteiger partial charge is 0.173 e. The molecule has 126 valence electrons. The lowest BCUT2D eigenvalue weighted by Crippen LogP contribution is -2.22. The topological polar surface area (TPSA) is 37.3 Å². The van der Waals surface area contributed by atoms with Gasteiger partial charge in [-0.2, -0.15) is 0 Å². The summed E-state index contributed by atoms with van der Waals surface area (Å²) >= 11 is 5.98. The van der Waals surface area contributed by atoms with Gasteiger partial charge >= 0.3 is 0 Å². The largest absolute Gasteiger partial charge is 0.511 e. The first kappa shape index (κ1) is 16.2. The molecule has 0 unspecified atom stereocenters. The van der Waals surface area contributed by atoms with Crippen LogP contribution in [0, 0.1) is 11.8 Å². The summed E-state index contributed by atoms with van der Waals surface area (Å²) in [4.78, 5) is 12.9. The van der Waals surface area contributed by atoms with E-state index in [-0.39, 0.29) is 23.4 Å². The van der Waals surface area contributed by atoms with Gasteiger partial charge in [0.1, 0.15) is 5.76 Å². The van der Waals surface area contributed by atoms with Gasteiger partial charge in [-0.1, -0.05) is 54.9 Å². The van der Waals surface area contributed by atoms with Gasteiger partial charge in [-0.25, -0.2) is 0 Å². The highest BCUT2D eigenvalue weighted by Crippen LogP contribution is 2.42. The zero-order valence-corrected chi connectivity index (χ0v) is 14.8. The van der Waals surface area contributed by atoms with Crippen LogP contribution >= 0.6 is 11.6 Å². The third-order valence-electron chi connectivity index (χ3n) is 5.21. The number of hydrogen-bond donors (Lipinski definition) is 1. The molecule has 0 saturated carbocycles. The van der Waals surface area contributed by atoms with Crippen molar-refractivity contribution >= 4 is 23.0 Å². The molecule has 2 bridgehead atoms. The number of benzene rings is 2. The van der Waals surface area contributed by atoms with Crippen molar-refractivity contribution in [3.63, 3.8) is 0 Å². The summed E-state index contributed by atoms with van der Waals surface area (Å²) in [5.74, 6) is 0.129. The van der Waals surface area contributed by atoms with Crippen molar-refractivity contribution in [3.05, 3.63) is 76.5 Å². The van der Waals surface area contributed by atoms with Gasteiger partial charge in [0, 0.05) is 16.9 Å². The van der Waals surface area contributed by atoms with Crippen LogP contribution in [0.25, 0.3) is 16.7 Å². The lowest BCUT2D eigenvalue weighted by Gasteiger charge is -2.24. The average molecular weight is 351 g/mol. The van der Waals surface area contributed by atoms with Gasteiger partial charge in [0.2, 0.25) is 0 Å². The van der Waals surface area contributed by atoms with Crippen LogP contribution in [0.5, 0.6) is 0 Å². The number of aliphatic hydroxyl groups excluding tert-OH is 1. The van der Waals surface area contributed by atoms with Crippen molar-refractivity contribution < 1.29 is 9.90 Å². The fraction of sp³-hybridized carbons (Fsp3) is 0.227. The molecule has 2 aromatic rings. The maximum Gasteiger partial charge on any atom is 0.173 e. The van der Waals surface area contributed by atoms with Gasteiger partial charge in [0.15, 0.2) is 5.78 Å². The van der Waals surface area contributed by atoms with E-state index in [9.17, 15) is 9.90 Å². The van der Waals surface area contributed by atoms with Crippen LogP contribution < -0.4 is 0 Å². The van der Waals surface area contributed by atoms with Crippen molar-refractivity contribution in [1.29, 1.82) is 0 Å². The molecule has 0 amide bonds. The molecule has 0 radical (unpaired) electrons. The van der Waals surface area contributed by atoms with E-state index in [1.807, 2.05) is 42.5 Å². The van der Waals surface area contributed by atoms with E-state index in [0.717, 1.165) is 28.7 Å². The monoisotopic (exact) mass is 350 g/mol. The number of halogens is 1. The predicted molar refractivity (Wildman–Crippen MR) is 102 cm³/mol. The van der Waals surface area contributed by atoms with Gasteiger partial charge in [-0.15, -0.1) is 0 Å². The SMILES string of the molecule is CCc1ccc(-c2ccc(Cl)cc2)cc1C1=C(O)[C@H]2C=C[C@H](C2)C1=O. The predicted octanol–water partition coefficient (Wildman–Crippen LogP) is 5.61. The molecule has 0 fully saturated rings. The van der Waals surface area contributed by atoms with Gasteiger partial charge in [-0.05, 0) is 53.3 Å². The Hall–Kier alpha value is -2.32. The first-order valence-electron chi connectivity index (χ1n) is 8.63. The number of allylic oxidation sites excluding steroid dienone is 3. The summed E-state index contributed by atoms with van der Waals surface area (Å²) in [6, 6.07) is 13.8. The third kappa shape index (κ3) is 2.71. The summed E-state index contributed by atoms with van der Waals surface area (Å²) in [5.41, 5.74) is 4.49. The van der Waals surface area contributed by atoms with Crippen molar-refractivity contribution in [2.45, 2.75) is 19.8 Å². The molecule has 3 heteroatoms. The molecule has 2 atom stereocenters. The first-order valence-corrected chi connectivity index (χ1v) is 9.01. The van der Waals surface area contributed by atoms with Crippen LogP contribution in [0.15, 0.2) is 60.4 Å². The lowest BCUT2D eigenvalue weighted by molar-refractivity contribution is -0.116. The van der Waals surface area contributed by atoms with E-state index in [1.54, 1.807) is 0 Å². The summed E-state index contributed by atoms with van der Waals surface area (Å²) in [6.07, 6.45) is 5.40. The van der Waals surface area contributed by atoms with Crippen molar-refractivity contribution in [1.82, 2.24) is 0 Å². The first-order chi connectivity index (χ1) is 12.1. The summed E-state index contributed by atoms with van der Waals surface area (Å²) in [6.45, 7) is 2.07. The number of ketones is 1. The maximum atomic E-state index is 12.9. The molecule has 0 aliphatic heterocycles. The molecule has 1 N–H and O–H groups in total. The van der Waals surface area contributed by atoms with E-state index in [1.165, 1.54) is 0 Å². The number of hydrogen-bond acceptors (Lipinski definition) is 2. The summed E-state index contributed by atoms with van der Waals surface area (Å²) in [5, 5.41) is 11.4. The van der Waals surface area contributed by atoms with E-state index in [0.29, 0.717) is 17.0 Å². The van der Waals surface area contributed by atoms with Crippen molar-refractivity contribution in [2.24, 2.45) is 11.8 Å². The second-order valence-corrected chi connectivity index (χ2v) is 7.13. The van der Waals surface area contributed by atoms with Crippen LogP contribution in [0.3, 0.4) is 0 Å². The Bertz CT molecular complexity index is 906. The van der Waals surface area contributed by atoms with Crippen LogP contribution in [0.4, 0.5) is 0 Å². The van der Waals surface area contributed by atoms with E-state index in [4.69, 9.17) is 11.6 Å². The zero-order valence-electron chi connectivity index (χ0n) is 14.0. The van der Waals surface area contributed by atoms with Gasteiger partial charge in [0.05, 0.1) is 5.57 Å². The summed E-state index contributed by atoms with van der Waals surface area (Å²) < 4.78 is 0. The number of Topliss-reactive ketones (excluding diaryl/α,β-unsaturated/α-hetero) is 1. The van der Waals surface area contributed by atoms with E-state index in [2.05, 4.69) is 19.1 Å². The molecule has 0 heterocycles. The Labute approximate surface area is 152 Å². The molecule has 0 aromatic heterocycles. The average Bonchev–Trinajstić information content (AvgIpc) is 3.08. The maximum absolute atomic E-state index is 12.9. The number of carbonyl (C=O) groups excluding carboxylic acids is 1. The molecule has 0 saturated heterocycles. The Morgan fingerprint density at radius 2 is 1.72 bits per heavy atom. The van der Waals surface area contributed by atoms with E-state index < -0.39 is 0 Å². The number of aryl methyl sites for hydroxylation is 1. The highest BCUT2D eigenvalue weighted by Gasteiger charge is 2.38. The summed E-state index contributed by atoms with van der Waals surface area (Å²) in [7, 11) is 0. The minimum Gasteiger partial charge on any atom is -0.511 e. The quantitative estimate of drug-likeness (QED) is 0.730. The fourth-order valence-electron chi connectivity index (χ4n) is 3.80. The molecule has 25 heavy (non-hydrogen) atoms. The number of aliphatic hydroxyl groups is 1. The minimum absolute atomic E-state index is 0.0263. The van der Waals surface area contributed by atoms with Crippen LogP contribution in [0.2, 0.25) is 5.02 Å². The van der Waals surface area contributed by atoms with Crippen LogP contribution in [-0.2, 0) is 11.2 Å². The second-order valence-electron chi connectivity index (χ2n) is 6.69. The highest BCUT2D eigenvalue weighted by molar-refractivity contribution is 6.30. The highest BCUT2D eigenvalue weighted by atomic mass is 35.5. The Kier molecular flexibility index (Phi) is 4.01. The Balaban J connectivity index is 1.86.